The molecule has 1 saturated heterocycles. The van der Waals surface area contributed by atoms with Crippen LogP contribution in [-0.4, -0.2) is 77.0 Å². The molecule has 0 bridgehead atoms. The standard InChI is InChI=1S/C20H26N6O10P2/c1-2-21-20(29)25-17-14-18(23-10-22-17)26(11-24-14)19-16(28)15(27)13(35-19)8-34-38(32,33)36-37(30,31)9-12-6-4-3-5-7-12/h3-7,10-11,13,15-16,19,27-28H,2,8-9H2,1H3,(H,30,31)(H,32,33)(H2,21,22,23,25,29)/t13-,15+,16+,19-/m1/s1. The van der Waals surface area contributed by atoms with E-state index in [1.807, 2.05) is 0 Å². The average molecular weight is 572 g/mol. The summed E-state index contributed by atoms with van der Waals surface area (Å²) < 4.78 is 40.9. The van der Waals surface area contributed by atoms with Crippen LogP contribution in [0.4, 0.5) is 10.6 Å². The molecule has 16 nitrogen and oxygen atoms in total. The van der Waals surface area contributed by atoms with E-state index < -0.39 is 58.8 Å². The van der Waals surface area contributed by atoms with Crippen molar-refractivity contribution < 1.29 is 47.5 Å². The molecule has 0 spiro atoms. The predicted octanol–water partition coefficient (Wildman–Crippen LogP) is 1.11. The number of nitrogens with one attached hydrogen (secondary N) is 2. The normalized spacial score (nSPS) is 24.6. The summed E-state index contributed by atoms with van der Waals surface area (Å²) in [5, 5.41) is 26.1. The fraction of sp³-hybridized carbons (Fsp3) is 0.400. The minimum absolute atomic E-state index is 0.0925. The SMILES string of the molecule is CCNC(=O)Nc1ncnc2c1ncn2[C@@H]1O[C@H](COP(=O)(O)OP(=O)(O)Cc2ccccc2)[C@H](O)[C@@H]1O. The molecule has 1 aliphatic heterocycles. The molecule has 4 rings (SSSR count). The number of rotatable bonds is 10. The van der Waals surface area contributed by atoms with Gasteiger partial charge in [0.1, 0.15) is 24.6 Å². The Labute approximate surface area is 215 Å². The second-order valence-corrected chi connectivity index (χ2v) is 11.6. The van der Waals surface area contributed by atoms with Gasteiger partial charge >= 0.3 is 21.4 Å². The van der Waals surface area contributed by atoms with Crippen LogP contribution in [0, 0.1) is 0 Å². The third-order valence-electron chi connectivity index (χ3n) is 5.40. The summed E-state index contributed by atoms with van der Waals surface area (Å²) in [4.78, 5) is 44.1. The van der Waals surface area contributed by atoms with Gasteiger partial charge in [-0.25, -0.2) is 28.6 Å². The Morgan fingerprint density at radius 2 is 1.87 bits per heavy atom. The Morgan fingerprint density at radius 1 is 1.13 bits per heavy atom. The maximum atomic E-state index is 12.3. The van der Waals surface area contributed by atoms with Crippen molar-refractivity contribution in [3.8, 4) is 0 Å². The lowest BCUT2D eigenvalue weighted by Gasteiger charge is -2.19. The Hall–Kier alpha value is -2.78. The molecule has 2 aromatic heterocycles. The van der Waals surface area contributed by atoms with E-state index in [1.165, 1.54) is 10.9 Å². The van der Waals surface area contributed by atoms with Gasteiger partial charge in [0, 0.05) is 6.54 Å². The molecule has 3 heterocycles. The number of phosphoric ester groups is 1. The average Bonchev–Trinajstić information content (AvgIpc) is 3.39. The lowest BCUT2D eigenvalue weighted by molar-refractivity contribution is -0.0501. The summed E-state index contributed by atoms with van der Waals surface area (Å²) in [6.07, 6.45) is -3.85. The second kappa shape index (κ2) is 11.5. The summed E-state index contributed by atoms with van der Waals surface area (Å²) in [5.74, 6) is 0.0925. The number of benzene rings is 1. The quantitative estimate of drug-likeness (QED) is 0.187. The number of imidazole rings is 1. The van der Waals surface area contributed by atoms with Gasteiger partial charge in [0.25, 0.3) is 0 Å². The summed E-state index contributed by atoms with van der Waals surface area (Å²) in [6.45, 7) is 1.36. The van der Waals surface area contributed by atoms with Crippen molar-refractivity contribution in [1.29, 1.82) is 0 Å². The van der Waals surface area contributed by atoms with Crippen LogP contribution in [0.1, 0.15) is 18.7 Å². The van der Waals surface area contributed by atoms with Gasteiger partial charge in [-0.05, 0) is 12.5 Å². The van der Waals surface area contributed by atoms with Crippen molar-refractivity contribution in [2.75, 3.05) is 18.5 Å². The highest BCUT2D eigenvalue weighted by atomic mass is 31.3. The zero-order valence-corrected chi connectivity index (χ0v) is 21.7. The van der Waals surface area contributed by atoms with Crippen LogP contribution in [0.3, 0.4) is 0 Å². The van der Waals surface area contributed by atoms with E-state index in [4.69, 9.17) is 9.26 Å². The molecule has 18 heteroatoms. The van der Waals surface area contributed by atoms with E-state index in [-0.39, 0.29) is 17.0 Å². The number of ether oxygens (including phenoxy) is 1. The minimum atomic E-state index is -5.07. The molecule has 206 valence electrons. The van der Waals surface area contributed by atoms with Gasteiger partial charge in [-0.1, -0.05) is 30.3 Å². The van der Waals surface area contributed by atoms with Crippen LogP contribution in [0.5, 0.6) is 0 Å². The van der Waals surface area contributed by atoms with Crippen molar-refractivity contribution in [2.24, 2.45) is 0 Å². The number of carbonyl (C=O) groups excluding carboxylic acids is 1. The Kier molecular flexibility index (Phi) is 8.57. The van der Waals surface area contributed by atoms with E-state index in [9.17, 15) is 33.9 Å². The first-order valence-corrected chi connectivity index (χ1v) is 14.5. The number of carbonyl (C=O) groups is 1. The first-order valence-electron chi connectivity index (χ1n) is 11.3. The van der Waals surface area contributed by atoms with Crippen molar-refractivity contribution in [2.45, 2.75) is 37.6 Å². The Morgan fingerprint density at radius 3 is 2.58 bits per heavy atom. The zero-order chi connectivity index (χ0) is 27.5. The topological polar surface area (TPSA) is 227 Å². The van der Waals surface area contributed by atoms with Gasteiger partial charge in [-0.2, -0.15) is 0 Å². The molecule has 38 heavy (non-hydrogen) atoms. The molecule has 1 fully saturated rings. The summed E-state index contributed by atoms with van der Waals surface area (Å²) in [5.41, 5.74) is 0.733. The van der Waals surface area contributed by atoms with Gasteiger partial charge in [-0.15, -0.1) is 0 Å². The highest BCUT2D eigenvalue weighted by Crippen LogP contribution is 2.61. The third-order valence-corrected chi connectivity index (χ3v) is 8.48. The number of hydrogen-bond acceptors (Lipinski definition) is 11. The third kappa shape index (κ3) is 6.61. The van der Waals surface area contributed by atoms with E-state index in [1.54, 1.807) is 37.3 Å². The molecule has 3 aromatic rings. The Bertz CT molecular complexity index is 1370. The fourth-order valence-electron chi connectivity index (χ4n) is 3.73. The second-order valence-electron chi connectivity index (χ2n) is 8.20. The van der Waals surface area contributed by atoms with Crippen LogP contribution < -0.4 is 10.6 Å². The van der Waals surface area contributed by atoms with Gasteiger partial charge in [0.15, 0.2) is 23.2 Å². The monoisotopic (exact) mass is 572 g/mol. The number of phosphoric acid groups is 1. The van der Waals surface area contributed by atoms with Crippen LogP contribution in [0.25, 0.3) is 11.2 Å². The van der Waals surface area contributed by atoms with Crippen LogP contribution in [-0.2, 0) is 28.9 Å². The largest absolute Gasteiger partial charge is 0.479 e. The number of anilines is 1. The molecule has 0 radical (unpaired) electrons. The predicted molar refractivity (Wildman–Crippen MR) is 131 cm³/mol. The molecule has 0 saturated carbocycles. The number of aliphatic hydroxyl groups excluding tert-OH is 2. The number of hydrogen-bond donors (Lipinski definition) is 6. The number of nitrogens with zero attached hydrogens (tertiary/aromatic N) is 4. The maximum absolute atomic E-state index is 12.3. The number of aromatic nitrogens is 4. The maximum Gasteiger partial charge on any atom is 0.479 e. The molecule has 2 unspecified atom stereocenters. The number of urea groups is 1. The molecular weight excluding hydrogens is 546 g/mol. The highest BCUT2D eigenvalue weighted by Gasteiger charge is 2.46. The van der Waals surface area contributed by atoms with Gasteiger partial charge < -0.3 is 30.1 Å². The molecular formula is C20H26N6O10P2. The van der Waals surface area contributed by atoms with Crippen molar-refractivity contribution in [3.63, 3.8) is 0 Å². The summed E-state index contributed by atoms with van der Waals surface area (Å²) in [7, 11) is -9.64. The summed E-state index contributed by atoms with van der Waals surface area (Å²) in [6, 6.07) is 7.52. The number of aliphatic hydroxyl groups is 2. The smallest absolute Gasteiger partial charge is 0.387 e. The van der Waals surface area contributed by atoms with E-state index in [2.05, 4.69) is 29.9 Å². The molecule has 6 atom stereocenters. The first-order chi connectivity index (χ1) is 18.0. The lowest BCUT2D eigenvalue weighted by Crippen LogP contribution is -2.33. The minimum Gasteiger partial charge on any atom is -0.387 e. The van der Waals surface area contributed by atoms with Gasteiger partial charge in [-0.3, -0.25) is 19.0 Å². The van der Waals surface area contributed by atoms with Crippen LogP contribution >= 0.6 is 15.4 Å². The molecule has 2 amide bonds. The lowest BCUT2D eigenvalue weighted by atomic mass is 10.1. The molecule has 6 N–H and O–H groups in total. The number of fused-ring (bicyclic) bond motifs is 1. The van der Waals surface area contributed by atoms with Gasteiger partial charge in [0.05, 0.1) is 19.1 Å². The van der Waals surface area contributed by atoms with Crippen molar-refractivity contribution in [3.05, 3.63) is 48.5 Å². The van der Waals surface area contributed by atoms with E-state index in [0.29, 0.717) is 12.1 Å². The Balaban J connectivity index is 1.42. The van der Waals surface area contributed by atoms with Crippen molar-refractivity contribution >= 4 is 38.4 Å². The number of amides is 2. The van der Waals surface area contributed by atoms with Crippen LogP contribution in [0.2, 0.25) is 0 Å². The molecule has 0 aliphatic carbocycles. The summed E-state index contributed by atoms with van der Waals surface area (Å²) >= 11 is 0. The molecule has 1 aliphatic rings. The first kappa shape index (κ1) is 28.2. The van der Waals surface area contributed by atoms with Gasteiger partial charge in [0.2, 0.25) is 0 Å². The van der Waals surface area contributed by atoms with Crippen molar-refractivity contribution in [1.82, 2.24) is 24.8 Å². The molecule has 1 aromatic carbocycles. The zero-order valence-electron chi connectivity index (χ0n) is 19.9. The highest BCUT2D eigenvalue weighted by molar-refractivity contribution is 7.63. The fourth-order valence-corrected chi connectivity index (χ4v) is 6.45. The van der Waals surface area contributed by atoms with E-state index >= 15 is 0 Å². The van der Waals surface area contributed by atoms with E-state index in [0.717, 1.165) is 6.33 Å². The van der Waals surface area contributed by atoms with Crippen LogP contribution in [0.15, 0.2) is 43.0 Å².